The highest BCUT2D eigenvalue weighted by molar-refractivity contribution is 5.48. The number of nitrogens with one attached hydrogen (secondary N) is 1. The second kappa shape index (κ2) is 5.91. The molecule has 3 heteroatoms. The van der Waals surface area contributed by atoms with E-state index in [0.717, 1.165) is 36.9 Å². The molecule has 0 saturated heterocycles. The van der Waals surface area contributed by atoms with Crippen LogP contribution in [0, 0.1) is 18.7 Å². The third-order valence-electron chi connectivity index (χ3n) is 4.42. The maximum Gasteiger partial charge on any atom is 0.125 e. The lowest BCUT2D eigenvalue weighted by molar-refractivity contribution is 0.115. The highest BCUT2D eigenvalue weighted by Crippen LogP contribution is 2.38. The Hall–Kier alpha value is -1.09. The van der Waals surface area contributed by atoms with Gasteiger partial charge in [0, 0.05) is 5.69 Å². The van der Waals surface area contributed by atoms with E-state index in [1.54, 1.807) is 0 Å². The first-order valence-electron chi connectivity index (χ1n) is 7.26. The first-order chi connectivity index (χ1) is 9.09. The third kappa shape index (κ3) is 3.08. The van der Waals surface area contributed by atoms with Gasteiger partial charge in [-0.1, -0.05) is 26.2 Å². The summed E-state index contributed by atoms with van der Waals surface area (Å²) in [6, 6.07) is 4.99. The molecule has 2 atom stereocenters. The zero-order valence-electron chi connectivity index (χ0n) is 11.9. The molecule has 0 heterocycles. The van der Waals surface area contributed by atoms with Crippen molar-refractivity contribution in [3.05, 3.63) is 29.6 Å². The lowest BCUT2D eigenvalue weighted by atomic mass is 9.71. The third-order valence-corrected chi connectivity index (χ3v) is 4.42. The number of aliphatic hydroxyl groups is 1. The zero-order chi connectivity index (χ0) is 13.9. The Bertz CT molecular complexity index is 415. The summed E-state index contributed by atoms with van der Waals surface area (Å²) in [5, 5.41) is 13.3. The van der Waals surface area contributed by atoms with Gasteiger partial charge in [0.05, 0.1) is 12.1 Å². The summed E-state index contributed by atoms with van der Waals surface area (Å²) >= 11 is 0. The molecule has 2 N–H and O–H groups in total. The maximum atomic E-state index is 13.5. The van der Waals surface area contributed by atoms with E-state index in [2.05, 4.69) is 12.2 Å². The molecular formula is C16H24FNO. The lowest BCUT2D eigenvalue weighted by Gasteiger charge is -2.44. The van der Waals surface area contributed by atoms with Crippen LogP contribution in [0.1, 0.15) is 44.6 Å². The fraction of sp³-hybridized carbons (Fsp3) is 0.625. The molecule has 1 aromatic rings. The Morgan fingerprint density at radius 1 is 1.37 bits per heavy atom. The minimum atomic E-state index is -0.284. The van der Waals surface area contributed by atoms with Crippen LogP contribution in [0.5, 0.6) is 0 Å². The maximum absolute atomic E-state index is 13.5. The van der Waals surface area contributed by atoms with Gasteiger partial charge in [-0.3, -0.25) is 0 Å². The topological polar surface area (TPSA) is 32.3 Å². The second-order valence-electron chi connectivity index (χ2n) is 5.81. The first kappa shape index (κ1) is 14.3. The molecule has 0 spiro atoms. The Kier molecular flexibility index (Phi) is 4.46. The highest BCUT2D eigenvalue weighted by Gasteiger charge is 2.39. The van der Waals surface area contributed by atoms with Crippen molar-refractivity contribution in [2.45, 2.75) is 51.5 Å². The average Bonchev–Trinajstić information content (AvgIpc) is 2.38. The van der Waals surface area contributed by atoms with Gasteiger partial charge in [0.25, 0.3) is 0 Å². The summed E-state index contributed by atoms with van der Waals surface area (Å²) in [6.07, 6.45) is 5.49. The van der Waals surface area contributed by atoms with Gasteiger partial charge in [-0.15, -0.1) is 0 Å². The molecule has 19 heavy (non-hydrogen) atoms. The Balaban J connectivity index is 2.25. The number of aliphatic hydroxyl groups excluding tert-OH is 1. The van der Waals surface area contributed by atoms with E-state index in [9.17, 15) is 9.50 Å². The molecular weight excluding hydrogens is 241 g/mol. The highest BCUT2D eigenvalue weighted by atomic mass is 19.1. The zero-order valence-corrected chi connectivity index (χ0v) is 11.9. The Morgan fingerprint density at radius 2 is 2.16 bits per heavy atom. The average molecular weight is 265 g/mol. The second-order valence-corrected chi connectivity index (χ2v) is 5.81. The Labute approximate surface area is 115 Å². The number of hydrogen-bond acceptors (Lipinski definition) is 2. The largest absolute Gasteiger partial charge is 0.394 e. The fourth-order valence-corrected chi connectivity index (χ4v) is 3.41. The van der Waals surface area contributed by atoms with E-state index in [0.29, 0.717) is 5.92 Å². The van der Waals surface area contributed by atoms with E-state index >= 15 is 0 Å². The number of aryl methyl sites for hydroxylation is 1. The van der Waals surface area contributed by atoms with E-state index < -0.39 is 0 Å². The molecule has 0 radical (unpaired) electrons. The van der Waals surface area contributed by atoms with Crippen molar-refractivity contribution >= 4 is 5.69 Å². The van der Waals surface area contributed by atoms with E-state index in [1.165, 1.54) is 18.6 Å². The summed E-state index contributed by atoms with van der Waals surface area (Å²) in [7, 11) is 0. The molecule has 1 fully saturated rings. The van der Waals surface area contributed by atoms with Crippen molar-refractivity contribution in [3.8, 4) is 0 Å². The Morgan fingerprint density at radius 3 is 2.79 bits per heavy atom. The number of halogens is 1. The van der Waals surface area contributed by atoms with Gasteiger partial charge in [0.2, 0.25) is 0 Å². The van der Waals surface area contributed by atoms with Crippen molar-refractivity contribution in [3.63, 3.8) is 0 Å². The molecule has 1 saturated carbocycles. The molecule has 2 rings (SSSR count). The van der Waals surface area contributed by atoms with Crippen LogP contribution in [0.4, 0.5) is 10.1 Å². The van der Waals surface area contributed by atoms with Crippen LogP contribution in [-0.4, -0.2) is 17.3 Å². The van der Waals surface area contributed by atoms with Gasteiger partial charge >= 0.3 is 0 Å². The van der Waals surface area contributed by atoms with Gasteiger partial charge < -0.3 is 10.4 Å². The van der Waals surface area contributed by atoms with Crippen LogP contribution < -0.4 is 5.32 Å². The number of rotatable bonds is 4. The smallest absolute Gasteiger partial charge is 0.125 e. The lowest BCUT2D eigenvalue weighted by Crippen LogP contribution is -2.50. The van der Waals surface area contributed by atoms with Crippen LogP contribution in [0.15, 0.2) is 18.2 Å². The first-order valence-corrected chi connectivity index (χ1v) is 7.26. The number of hydrogen-bond donors (Lipinski definition) is 2. The summed E-state index contributed by atoms with van der Waals surface area (Å²) in [6.45, 7) is 4.16. The minimum absolute atomic E-state index is 0.112. The standard InChI is InChI=1S/C16H24FNO/c1-3-13-6-4-5-7-16(13,11-19)18-15-9-12(2)8-14(17)10-15/h8-10,13,18-19H,3-7,11H2,1-2H3. The van der Waals surface area contributed by atoms with Gasteiger partial charge in [0.15, 0.2) is 0 Å². The molecule has 1 aliphatic rings. The van der Waals surface area contributed by atoms with Crippen LogP contribution >= 0.6 is 0 Å². The molecule has 0 aromatic heterocycles. The van der Waals surface area contributed by atoms with Crippen molar-refractivity contribution in [1.82, 2.24) is 0 Å². The fourth-order valence-electron chi connectivity index (χ4n) is 3.41. The molecule has 0 bridgehead atoms. The molecule has 2 unspecified atom stereocenters. The summed E-state index contributed by atoms with van der Waals surface area (Å²) in [5.41, 5.74) is 1.40. The minimum Gasteiger partial charge on any atom is -0.394 e. The van der Waals surface area contributed by atoms with Crippen molar-refractivity contribution in [2.75, 3.05) is 11.9 Å². The van der Waals surface area contributed by atoms with Gasteiger partial charge in [-0.25, -0.2) is 4.39 Å². The molecule has 1 aliphatic carbocycles. The number of anilines is 1. The summed E-state index contributed by atoms with van der Waals surface area (Å²) < 4.78 is 13.5. The molecule has 106 valence electrons. The molecule has 2 nitrogen and oxygen atoms in total. The van der Waals surface area contributed by atoms with Crippen LogP contribution in [0.3, 0.4) is 0 Å². The predicted molar refractivity (Wildman–Crippen MR) is 76.8 cm³/mol. The van der Waals surface area contributed by atoms with Crippen molar-refractivity contribution < 1.29 is 9.50 Å². The van der Waals surface area contributed by atoms with Gasteiger partial charge in [-0.2, -0.15) is 0 Å². The van der Waals surface area contributed by atoms with Crippen LogP contribution in [0.25, 0.3) is 0 Å². The normalized spacial score (nSPS) is 27.3. The predicted octanol–water partition coefficient (Wildman–Crippen LogP) is 3.88. The molecule has 0 aliphatic heterocycles. The molecule has 0 amide bonds. The number of benzene rings is 1. The van der Waals surface area contributed by atoms with Gasteiger partial charge in [0.1, 0.15) is 5.82 Å². The van der Waals surface area contributed by atoms with Crippen LogP contribution in [-0.2, 0) is 0 Å². The van der Waals surface area contributed by atoms with E-state index in [4.69, 9.17) is 0 Å². The van der Waals surface area contributed by atoms with E-state index in [1.807, 2.05) is 13.0 Å². The van der Waals surface area contributed by atoms with Crippen LogP contribution in [0.2, 0.25) is 0 Å². The monoisotopic (exact) mass is 265 g/mol. The van der Waals surface area contributed by atoms with E-state index in [-0.39, 0.29) is 18.0 Å². The van der Waals surface area contributed by atoms with Gasteiger partial charge in [-0.05, 0) is 49.4 Å². The summed E-state index contributed by atoms with van der Waals surface area (Å²) in [5.74, 6) is 0.231. The molecule has 1 aromatic carbocycles. The SMILES string of the molecule is CCC1CCCCC1(CO)Nc1cc(C)cc(F)c1. The summed E-state index contributed by atoms with van der Waals surface area (Å²) in [4.78, 5) is 0. The quantitative estimate of drug-likeness (QED) is 0.866. The van der Waals surface area contributed by atoms with Crippen molar-refractivity contribution in [2.24, 2.45) is 5.92 Å². The van der Waals surface area contributed by atoms with Crippen molar-refractivity contribution in [1.29, 1.82) is 0 Å².